The molecule has 1 atom stereocenters. The molecule has 34 heavy (non-hydrogen) atoms. The van der Waals surface area contributed by atoms with E-state index in [9.17, 15) is 4.79 Å². The van der Waals surface area contributed by atoms with Crippen LogP contribution in [0.15, 0.2) is 65.6 Å². The molecule has 0 aliphatic rings. The van der Waals surface area contributed by atoms with Crippen LogP contribution in [0.5, 0.6) is 0 Å². The molecule has 0 fully saturated rings. The van der Waals surface area contributed by atoms with Crippen LogP contribution in [-0.4, -0.2) is 29.7 Å². The topological polar surface area (TPSA) is 153 Å². The summed E-state index contributed by atoms with van der Waals surface area (Å²) in [5, 5.41) is 10.7. The second-order valence-corrected chi connectivity index (χ2v) is 8.09. The van der Waals surface area contributed by atoms with Gasteiger partial charge in [-0.25, -0.2) is 9.55 Å². The van der Waals surface area contributed by atoms with Gasteiger partial charge in [-0.2, -0.15) is 15.1 Å². The van der Waals surface area contributed by atoms with E-state index in [-0.39, 0.29) is 33.6 Å². The van der Waals surface area contributed by atoms with Crippen LogP contribution in [0.4, 0.5) is 17.6 Å². The molecule has 5 rings (SSSR count). The number of fused-ring (bicyclic) bond motifs is 1. The van der Waals surface area contributed by atoms with Crippen LogP contribution in [-0.2, 0) is 0 Å². The number of anilines is 3. The number of nitrogens with zero attached hydrogens (tertiary/aromatic N) is 5. The molecule has 0 radical (unpaired) electrons. The van der Waals surface area contributed by atoms with Gasteiger partial charge in [0.1, 0.15) is 28.5 Å². The van der Waals surface area contributed by atoms with E-state index in [2.05, 4.69) is 25.5 Å². The molecule has 0 aliphatic heterocycles. The van der Waals surface area contributed by atoms with Crippen molar-refractivity contribution in [2.45, 2.75) is 6.04 Å². The maximum atomic E-state index is 13.7. The van der Waals surface area contributed by atoms with E-state index in [1.807, 2.05) is 30.3 Å². The number of nitrogen functional groups attached to an aromatic ring is 2. The minimum atomic E-state index is -0.702. The molecule has 10 nitrogen and oxygen atoms in total. The molecule has 3 heterocycles. The average molecular weight is 494 g/mol. The zero-order valence-electron chi connectivity index (χ0n) is 17.4. The second-order valence-electron chi connectivity index (χ2n) is 7.30. The molecular weight excluding hydrogens is 477 g/mol. The van der Waals surface area contributed by atoms with Crippen LogP contribution >= 0.6 is 23.2 Å². The first-order chi connectivity index (χ1) is 16.4. The minimum Gasteiger partial charge on any atom is -0.382 e. The molecule has 0 unspecified atom stereocenters. The Morgan fingerprint density at radius 1 is 0.971 bits per heavy atom. The molecular formula is C22H17Cl2N9O. The molecule has 0 saturated heterocycles. The third-order valence-electron chi connectivity index (χ3n) is 5.17. The Kier molecular flexibility index (Phi) is 5.52. The average Bonchev–Trinajstić information content (AvgIpc) is 3.35. The summed E-state index contributed by atoms with van der Waals surface area (Å²) in [5.74, 6) is 0.900. The minimum absolute atomic E-state index is 0.0210. The SMILES string of the molecule is Nc1nc(N)c(Cl)c(N[C@@H](c2ccccc2)c2nc3cccc(Cl)c3c(=O)n2-c2ccn[nH]2)n1. The van der Waals surface area contributed by atoms with Crippen molar-refractivity contribution in [3.63, 3.8) is 0 Å². The van der Waals surface area contributed by atoms with Crippen LogP contribution in [0.3, 0.4) is 0 Å². The highest BCUT2D eigenvalue weighted by Gasteiger charge is 2.26. The lowest BCUT2D eigenvalue weighted by Crippen LogP contribution is -2.29. The number of H-pyrrole nitrogens is 1. The predicted octanol–water partition coefficient (Wildman–Crippen LogP) is 3.57. The maximum absolute atomic E-state index is 13.7. The molecule has 170 valence electrons. The number of benzene rings is 2. The summed E-state index contributed by atoms with van der Waals surface area (Å²) < 4.78 is 1.41. The lowest BCUT2D eigenvalue weighted by atomic mass is 10.1. The van der Waals surface area contributed by atoms with Gasteiger partial charge in [-0.3, -0.25) is 9.89 Å². The van der Waals surface area contributed by atoms with Crippen molar-refractivity contribution in [2.24, 2.45) is 0 Å². The number of halogens is 2. The van der Waals surface area contributed by atoms with Gasteiger partial charge in [0.05, 0.1) is 22.1 Å². The molecule has 0 aliphatic carbocycles. The molecule has 5 aromatic rings. The van der Waals surface area contributed by atoms with Gasteiger partial charge in [-0.1, -0.05) is 59.6 Å². The third-order valence-corrected chi connectivity index (χ3v) is 5.85. The number of aromatic nitrogens is 6. The molecule has 2 aromatic carbocycles. The summed E-state index contributed by atoms with van der Waals surface area (Å²) in [5.41, 5.74) is 12.5. The first-order valence-electron chi connectivity index (χ1n) is 10.0. The van der Waals surface area contributed by atoms with E-state index in [0.29, 0.717) is 22.2 Å². The summed E-state index contributed by atoms with van der Waals surface area (Å²) in [6.07, 6.45) is 1.54. The normalized spacial score (nSPS) is 12.1. The van der Waals surface area contributed by atoms with Crippen molar-refractivity contribution in [2.75, 3.05) is 16.8 Å². The van der Waals surface area contributed by atoms with Crippen molar-refractivity contribution in [3.8, 4) is 5.82 Å². The number of hydrogen-bond acceptors (Lipinski definition) is 8. The Morgan fingerprint density at radius 2 is 1.76 bits per heavy atom. The molecule has 6 N–H and O–H groups in total. The van der Waals surface area contributed by atoms with Crippen molar-refractivity contribution in [1.29, 1.82) is 0 Å². The van der Waals surface area contributed by atoms with Gasteiger partial charge in [0.15, 0.2) is 5.82 Å². The van der Waals surface area contributed by atoms with Crippen molar-refractivity contribution in [3.05, 3.63) is 92.6 Å². The summed E-state index contributed by atoms with van der Waals surface area (Å²) in [4.78, 5) is 26.6. The van der Waals surface area contributed by atoms with Crippen molar-refractivity contribution >= 4 is 51.7 Å². The molecule has 12 heteroatoms. The summed E-state index contributed by atoms with van der Waals surface area (Å²) in [7, 11) is 0. The summed E-state index contributed by atoms with van der Waals surface area (Å²) in [6.45, 7) is 0. The predicted molar refractivity (Wildman–Crippen MR) is 132 cm³/mol. The lowest BCUT2D eigenvalue weighted by Gasteiger charge is -2.23. The second kappa shape index (κ2) is 8.65. The monoisotopic (exact) mass is 493 g/mol. The van der Waals surface area contributed by atoms with Gasteiger partial charge < -0.3 is 16.8 Å². The van der Waals surface area contributed by atoms with E-state index < -0.39 is 6.04 Å². The fourth-order valence-electron chi connectivity index (χ4n) is 3.66. The molecule has 0 bridgehead atoms. The number of hydrogen-bond donors (Lipinski definition) is 4. The number of nitrogens with two attached hydrogens (primary N) is 2. The largest absolute Gasteiger partial charge is 0.382 e. The fourth-order valence-corrected chi connectivity index (χ4v) is 4.05. The Hall–Kier alpha value is -4.15. The van der Waals surface area contributed by atoms with Crippen LogP contribution in [0.2, 0.25) is 10.0 Å². The van der Waals surface area contributed by atoms with Crippen LogP contribution in [0.25, 0.3) is 16.7 Å². The summed E-state index contributed by atoms with van der Waals surface area (Å²) in [6, 6.07) is 15.4. The van der Waals surface area contributed by atoms with Gasteiger partial charge in [0.2, 0.25) is 5.95 Å². The Labute approximate surface area is 202 Å². The van der Waals surface area contributed by atoms with Crippen LogP contribution in [0.1, 0.15) is 17.4 Å². The molecule has 0 saturated carbocycles. The van der Waals surface area contributed by atoms with Crippen molar-refractivity contribution < 1.29 is 0 Å². The Bertz CT molecular complexity index is 1550. The van der Waals surface area contributed by atoms with Gasteiger partial charge in [-0.15, -0.1) is 0 Å². The third kappa shape index (κ3) is 3.78. The molecule has 3 aromatic heterocycles. The van der Waals surface area contributed by atoms with E-state index >= 15 is 0 Å². The van der Waals surface area contributed by atoms with Gasteiger partial charge in [0.25, 0.3) is 5.56 Å². The first kappa shape index (κ1) is 21.7. The van der Waals surface area contributed by atoms with E-state index in [4.69, 9.17) is 39.7 Å². The highest BCUT2D eigenvalue weighted by molar-refractivity contribution is 6.35. The smallest absolute Gasteiger partial charge is 0.268 e. The lowest BCUT2D eigenvalue weighted by molar-refractivity contribution is 0.746. The Balaban J connectivity index is 1.82. The van der Waals surface area contributed by atoms with E-state index in [1.54, 1.807) is 24.3 Å². The van der Waals surface area contributed by atoms with Gasteiger partial charge >= 0.3 is 0 Å². The number of rotatable bonds is 5. The van der Waals surface area contributed by atoms with Crippen molar-refractivity contribution in [1.82, 2.24) is 29.7 Å². The number of aromatic amines is 1. The van der Waals surface area contributed by atoms with Gasteiger partial charge in [0, 0.05) is 6.07 Å². The quantitative estimate of drug-likeness (QED) is 0.289. The van der Waals surface area contributed by atoms with Gasteiger partial charge in [-0.05, 0) is 17.7 Å². The zero-order chi connectivity index (χ0) is 23.8. The summed E-state index contributed by atoms with van der Waals surface area (Å²) >= 11 is 12.8. The molecule has 0 spiro atoms. The highest BCUT2D eigenvalue weighted by Crippen LogP contribution is 2.32. The molecule has 0 amide bonds. The highest BCUT2D eigenvalue weighted by atomic mass is 35.5. The van der Waals surface area contributed by atoms with E-state index in [0.717, 1.165) is 5.56 Å². The Morgan fingerprint density at radius 3 is 2.50 bits per heavy atom. The van der Waals surface area contributed by atoms with Crippen LogP contribution < -0.4 is 22.3 Å². The van der Waals surface area contributed by atoms with Crippen LogP contribution in [0, 0.1) is 0 Å². The fraction of sp³-hybridized carbons (Fsp3) is 0.0455. The van der Waals surface area contributed by atoms with E-state index in [1.165, 1.54) is 10.8 Å². The maximum Gasteiger partial charge on any atom is 0.268 e. The number of nitrogens with one attached hydrogen (secondary N) is 2. The standard InChI is InChI=1S/C22H17Cl2N9O/c23-12-7-4-8-13-15(12)21(34)33(14-9-10-27-32-14)20(28-13)17(11-5-2-1-3-6-11)29-19-16(24)18(25)30-22(26)31-19/h1-10,17H,(H,27,32)(H5,25,26,29,30,31)/t17-/m0/s1. The zero-order valence-corrected chi connectivity index (χ0v) is 18.9. The first-order valence-corrected chi connectivity index (χ1v) is 10.8.